The van der Waals surface area contributed by atoms with Gasteiger partial charge < -0.3 is 19.9 Å². The lowest BCUT2D eigenvalue weighted by Crippen LogP contribution is -2.61. The standard InChI is InChI=1S/C18H29N5O3/c1-4-15-13(2)20-23(14(15)3)12-17(24)22-6-5-19-11-16(22)18(25)21-7-9-26-10-8-21/h16,19H,4-12H2,1-3H3/t16-/m1/s1. The fourth-order valence-electron chi connectivity index (χ4n) is 3.84. The number of piperazine rings is 1. The Kier molecular flexibility index (Phi) is 5.93. The SMILES string of the molecule is CCc1c(C)nn(CC(=O)N2CCNC[C@@H]2C(=O)N2CCOCC2)c1C. The molecule has 26 heavy (non-hydrogen) atoms. The van der Waals surface area contributed by atoms with Gasteiger partial charge >= 0.3 is 0 Å². The number of hydrogen-bond acceptors (Lipinski definition) is 5. The van der Waals surface area contributed by atoms with Crippen molar-refractivity contribution in [3.8, 4) is 0 Å². The molecular weight excluding hydrogens is 334 g/mol. The van der Waals surface area contributed by atoms with Crippen LogP contribution in [0, 0.1) is 13.8 Å². The van der Waals surface area contributed by atoms with Gasteiger partial charge in [-0.15, -0.1) is 0 Å². The van der Waals surface area contributed by atoms with Crippen molar-refractivity contribution in [3.05, 3.63) is 17.0 Å². The summed E-state index contributed by atoms with van der Waals surface area (Å²) >= 11 is 0. The van der Waals surface area contributed by atoms with Gasteiger partial charge in [0.2, 0.25) is 11.8 Å². The topological polar surface area (TPSA) is 79.7 Å². The molecule has 3 heterocycles. The Balaban J connectivity index is 1.72. The molecule has 0 spiro atoms. The van der Waals surface area contributed by atoms with Gasteiger partial charge in [-0.2, -0.15) is 5.10 Å². The highest BCUT2D eigenvalue weighted by atomic mass is 16.5. The Bertz CT molecular complexity index is 666. The van der Waals surface area contributed by atoms with Gasteiger partial charge in [-0.1, -0.05) is 6.92 Å². The van der Waals surface area contributed by atoms with E-state index in [4.69, 9.17) is 4.74 Å². The van der Waals surface area contributed by atoms with Crippen molar-refractivity contribution < 1.29 is 14.3 Å². The first-order valence-corrected chi connectivity index (χ1v) is 9.42. The molecule has 0 bridgehead atoms. The number of rotatable bonds is 4. The number of nitrogens with one attached hydrogen (secondary N) is 1. The predicted molar refractivity (Wildman–Crippen MR) is 96.8 cm³/mol. The minimum absolute atomic E-state index is 0.0106. The van der Waals surface area contributed by atoms with E-state index in [1.165, 1.54) is 5.56 Å². The normalized spacial score (nSPS) is 21.1. The lowest BCUT2D eigenvalue weighted by atomic mass is 10.1. The number of morpholine rings is 1. The second-order valence-electron chi connectivity index (χ2n) is 6.91. The summed E-state index contributed by atoms with van der Waals surface area (Å²) in [7, 11) is 0. The van der Waals surface area contributed by atoms with Crippen molar-refractivity contribution in [1.82, 2.24) is 24.9 Å². The molecule has 0 radical (unpaired) electrons. The highest BCUT2D eigenvalue weighted by molar-refractivity contribution is 5.88. The van der Waals surface area contributed by atoms with Gasteiger partial charge in [0.05, 0.1) is 18.9 Å². The molecule has 1 aromatic heterocycles. The van der Waals surface area contributed by atoms with E-state index < -0.39 is 6.04 Å². The first-order valence-electron chi connectivity index (χ1n) is 9.42. The van der Waals surface area contributed by atoms with Crippen molar-refractivity contribution in [2.75, 3.05) is 45.9 Å². The first kappa shape index (κ1) is 18.8. The molecular formula is C18H29N5O3. The average molecular weight is 363 g/mol. The lowest BCUT2D eigenvalue weighted by Gasteiger charge is -2.39. The maximum atomic E-state index is 13.0. The number of aryl methyl sites for hydroxylation is 1. The zero-order valence-electron chi connectivity index (χ0n) is 16.0. The summed E-state index contributed by atoms with van der Waals surface area (Å²) in [5.41, 5.74) is 3.20. The average Bonchev–Trinajstić information content (AvgIpc) is 2.94. The van der Waals surface area contributed by atoms with E-state index >= 15 is 0 Å². The Hall–Kier alpha value is -1.93. The summed E-state index contributed by atoms with van der Waals surface area (Å²) in [6.45, 7) is 10.3. The molecule has 0 aliphatic carbocycles. The number of hydrogen-bond donors (Lipinski definition) is 1. The zero-order valence-corrected chi connectivity index (χ0v) is 16.0. The smallest absolute Gasteiger partial charge is 0.246 e. The molecule has 2 aliphatic heterocycles. The number of carbonyl (C=O) groups excluding carboxylic acids is 2. The molecule has 2 fully saturated rings. The van der Waals surface area contributed by atoms with Gasteiger partial charge in [0.1, 0.15) is 12.6 Å². The molecule has 0 aromatic carbocycles. The monoisotopic (exact) mass is 363 g/mol. The van der Waals surface area contributed by atoms with Gasteiger partial charge in [-0.05, 0) is 25.8 Å². The summed E-state index contributed by atoms with van der Waals surface area (Å²) in [4.78, 5) is 29.4. The zero-order chi connectivity index (χ0) is 18.7. The molecule has 144 valence electrons. The van der Waals surface area contributed by atoms with Gasteiger partial charge in [0.25, 0.3) is 0 Å². The molecule has 2 saturated heterocycles. The third-order valence-corrected chi connectivity index (χ3v) is 5.34. The van der Waals surface area contributed by atoms with Crippen molar-refractivity contribution in [3.63, 3.8) is 0 Å². The molecule has 1 N–H and O–H groups in total. The summed E-state index contributed by atoms with van der Waals surface area (Å²) in [6, 6.07) is -0.447. The minimum atomic E-state index is -0.447. The van der Waals surface area contributed by atoms with Crippen molar-refractivity contribution in [2.45, 2.75) is 39.8 Å². The van der Waals surface area contributed by atoms with Crippen LogP contribution >= 0.6 is 0 Å². The molecule has 1 aromatic rings. The van der Waals surface area contributed by atoms with Gasteiger partial charge in [0, 0.05) is 38.4 Å². The number of aromatic nitrogens is 2. The fraction of sp³-hybridized carbons (Fsp3) is 0.722. The summed E-state index contributed by atoms with van der Waals surface area (Å²) < 4.78 is 7.10. The second kappa shape index (κ2) is 8.18. The van der Waals surface area contributed by atoms with Gasteiger partial charge in [-0.25, -0.2) is 0 Å². The van der Waals surface area contributed by atoms with E-state index in [9.17, 15) is 9.59 Å². The Morgan fingerprint density at radius 1 is 1.23 bits per heavy atom. The van der Waals surface area contributed by atoms with Crippen molar-refractivity contribution in [1.29, 1.82) is 0 Å². The van der Waals surface area contributed by atoms with Crippen LogP contribution in [-0.4, -0.2) is 83.4 Å². The molecule has 0 unspecified atom stereocenters. The van der Waals surface area contributed by atoms with Crippen LogP contribution in [0.2, 0.25) is 0 Å². The molecule has 0 saturated carbocycles. The predicted octanol–water partition coefficient (Wildman–Crippen LogP) is -0.278. The fourth-order valence-corrected chi connectivity index (χ4v) is 3.84. The highest BCUT2D eigenvalue weighted by Gasteiger charge is 2.35. The number of ether oxygens (including phenoxy) is 1. The molecule has 1 atom stereocenters. The summed E-state index contributed by atoms with van der Waals surface area (Å²) in [6.07, 6.45) is 0.900. The van der Waals surface area contributed by atoms with E-state index in [-0.39, 0.29) is 18.4 Å². The number of nitrogens with zero attached hydrogens (tertiary/aromatic N) is 4. The van der Waals surface area contributed by atoms with Crippen LogP contribution in [0.15, 0.2) is 0 Å². The van der Waals surface area contributed by atoms with Gasteiger partial charge in [-0.3, -0.25) is 14.3 Å². The van der Waals surface area contributed by atoms with Gasteiger partial charge in [0.15, 0.2) is 0 Å². The summed E-state index contributed by atoms with van der Waals surface area (Å²) in [5.74, 6) is -0.0390. The van der Waals surface area contributed by atoms with Crippen LogP contribution in [0.4, 0.5) is 0 Å². The molecule has 8 nitrogen and oxygen atoms in total. The van der Waals surface area contributed by atoms with E-state index in [1.807, 2.05) is 13.8 Å². The Morgan fingerprint density at radius 3 is 2.62 bits per heavy atom. The molecule has 2 aliphatic rings. The van der Waals surface area contributed by atoms with Crippen molar-refractivity contribution >= 4 is 11.8 Å². The van der Waals surface area contributed by atoms with E-state index in [2.05, 4.69) is 17.3 Å². The van der Waals surface area contributed by atoms with Crippen LogP contribution in [0.1, 0.15) is 23.9 Å². The van der Waals surface area contributed by atoms with Crippen LogP contribution in [0.3, 0.4) is 0 Å². The Morgan fingerprint density at radius 2 is 1.96 bits per heavy atom. The third-order valence-electron chi connectivity index (χ3n) is 5.34. The Labute approximate surface area is 154 Å². The van der Waals surface area contributed by atoms with E-state index in [0.717, 1.165) is 17.8 Å². The van der Waals surface area contributed by atoms with Crippen LogP contribution < -0.4 is 5.32 Å². The van der Waals surface area contributed by atoms with Crippen molar-refractivity contribution in [2.24, 2.45) is 0 Å². The molecule has 3 rings (SSSR count). The molecule has 2 amide bonds. The summed E-state index contributed by atoms with van der Waals surface area (Å²) in [5, 5.41) is 7.76. The van der Waals surface area contributed by atoms with Crippen LogP contribution in [0.25, 0.3) is 0 Å². The van der Waals surface area contributed by atoms with E-state index in [1.54, 1.807) is 14.5 Å². The van der Waals surface area contributed by atoms with E-state index in [0.29, 0.717) is 45.9 Å². The van der Waals surface area contributed by atoms with Crippen LogP contribution in [0.5, 0.6) is 0 Å². The maximum absolute atomic E-state index is 13.0. The molecule has 8 heteroatoms. The lowest BCUT2D eigenvalue weighted by molar-refractivity contribution is -0.149. The number of amides is 2. The largest absolute Gasteiger partial charge is 0.378 e. The quantitative estimate of drug-likeness (QED) is 0.796. The second-order valence-corrected chi connectivity index (χ2v) is 6.91. The maximum Gasteiger partial charge on any atom is 0.246 e. The first-order chi connectivity index (χ1) is 12.5. The third kappa shape index (κ3) is 3.76. The highest BCUT2D eigenvalue weighted by Crippen LogP contribution is 2.15. The van der Waals surface area contributed by atoms with Crippen LogP contribution in [-0.2, 0) is 27.3 Å². The minimum Gasteiger partial charge on any atom is -0.378 e. The number of carbonyl (C=O) groups is 2.